The highest BCUT2D eigenvalue weighted by Crippen LogP contribution is 2.36. The number of fused-ring (bicyclic) bond motifs is 2. The molecule has 3 aromatic rings. The van der Waals surface area contributed by atoms with Crippen LogP contribution < -0.4 is 10.5 Å². The van der Waals surface area contributed by atoms with Crippen molar-refractivity contribution in [3.05, 3.63) is 94.5 Å². The number of hydrogen-bond acceptors (Lipinski definition) is 2. The molecule has 0 bridgehead atoms. The molecule has 0 radical (unpaired) electrons. The Labute approximate surface area is 148 Å². The third-order valence-electron chi connectivity index (χ3n) is 4.80. The number of methoxy groups -OCH3 is 1. The van der Waals surface area contributed by atoms with Crippen LogP contribution in [0.5, 0.6) is 5.75 Å². The van der Waals surface area contributed by atoms with E-state index >= 15 is 0 Å². The van der Waals surface area contributed by atoms with Gasteiger partial charge in [-0.3, -0.25) is 0 Å². The maximum atomic E-state index is 5.98. The molecule has 0 aromatic heterocycles. The van der Waals surface area contributed by atoms with Gasteiger partial charge in [0.1, 0.15) is 5.75 Å². The average molecular weight is 327 g/mol. The van der Waals surface area contributed by atoms with Gasteiger partial charge in [0.25, 0.3) is 0 Å². The van der Waals surface area contributed by atoms with Crippen molar-refractivity contribution in [2.45, 2.75) is 12.8 Å². The van der Waals surface area contributed by atoms with Gasteiger partial charge in [-0.25, -0.2) is 0 Å². The van der Waals surface area contributed by atoms with Crippen molar-refractivity contribution < 1.29 is 4.74 Å². The number of nitrogens with two attached hydrogens (primary N) is 1. The van der Waals surface area contributed by atoms with Crippen molar-refractivity contribution in [1.29, 1.82) is 0 Å². The summed E-state index contributed by atoms with van der Waals surface area (Å²) in [6.07, 6.45) is 4.29. The Balaban J connectivity index is 1.95. The molecule has 3 aromatic carbocycles. The van der Waals surface area contributed by atoms with Crippen LogP contribution in [0.25, 0.3) is 11.6 Å². The zero-order chi connectivity index (χ0) is 17.2. The molecule has 0 unspecified atom stereocenters. The van der Waals surface area contributed by atoms with Gasteiger partial charge in [-0.1, -0.05) is 42.5 Å². The Morgan fingerprint density at radius 2 is 1.64 bits per heavy atom. The molecular formula is C23H21NO. The van der Waals surface area contributed by atoms with Gasteiger partial charge < -0.3 is 10.5 Å². The second-order valence-corrected chi connectivity index (χ2v) is 6.41. The van der Waals surface area contributed by atoms with Crippen LogP contribution in [0.15, 0.2) is 66.7 Å². The third-order valence-corrected chi connectivity index (χ3v) is 4.80. The Morgan fingerprint density at radius 3 is 2.48 bits per heavy atom. The van der Waals surface area contributed by atoms with Crippen molar-refractivity contribution in [1.82, 2.24) is 0 Å². The summed E-state index contributed by atoms with van der Waals surface area (Å²) in [6, 6.07) is 23.1. The Morgan fingerprint density at radius 1 is 0.840 bits per heavy atom. The molecule has 0 heterocycles. The zero-order valence-electron chi connectivity index (χ0n) is 14.3. The summed E-state index contributed by atoms with van der Waals surface area (Å²) in [5.74, 6) is 0.910. The second kappa shape index (κ2) is 6.48. The maximum Gasteiger partial charge on any atom is 0.119 e. The molecule has 25 heavy (non-hydrogen) atoms. The van der Waals surface area contributed by atoms with E-state index in [2.05, 4.69) is 48.5 Å². The molecule has 1 aliphatic rings. The number of ether oxygens (including phenoxy) is 1. The summed E-state index contributed by atoms with van der Waals surface area (Å²) in [4.78, 5) is 0. The standard InChI is InChI=1S/C23H21NO/c1-25-20-11-12-22-18(15-20)10-9-17-6-2-3-8-21(17)23(22)14-16-5-4-7-19(24)13-16/h2-8,11-15H,9-10,24H2,1H3. The van der Waals surface area contributed by atoms with Crippen LogP contribution in [0.2, 0.25) is 0 Å². The second-order valence-electron chi connectivity index (χ2n) is 6.41. The van der Waals surface area contributed by atoms with E-state index in [0.717, 1.165) is 29.8 Å². The highest BCUT2D eigenvalue weighted by Gasteiger charge is 2.18. The normalized spacial score (nSPS) is 14.5. The van der Waals surface area contributed by atoms with Gasteiger partial charge >= 0.3 is 0 Å². The fourth-order valence-electron chi connectivity index (χ4n) is 3.55. The van der Waals surface area contributed by atoms with Crippen LogP contribution in [-0.4, -0.2) is 7.11 Å². The molecule has 2 nitrogen and oxygen atoms in total. The Kier molecular flexibility index (Phi) is 4.02. The van der Waals surface area contributed by atoms with Crippen molar-refractivity contribution in [3.63, 3.8) is 0 Å². The van der Waals surface area contributed by atoms with Crippen molar-refractivity contribution in [2.24, 2.45) is 0 Å². The first kappa shape index (κ1) is 15.5. The molecule has 0 fully saturated rings. The van der Waals surface area contributed by atoms with Gasteiger partial charge in [-0.2, -0.15) is 0 Å². The number of aryl methyl sites for hydroxylation is 2. The van der Waals surface area contributed by atoms with E-state index in [-0.39, 0.29) is 0 Å². The van der Waals surface area contributed by atoms with Crippen LogP contribution in [-0.2, 0) is 12.8 Å². The summed E-state index contributed by atoms with van der Waals surface area (Å²) in [5, 5.41) is 0. The van der Waals surface area contributed by atoms with Gasteiger partial charge in [-0.15, -0.1) is 0 Å². The van der Waals surface area contributed by atoms with Crippen LogP contribution in [0.1, 0.15) is 27.8 Å². The van der Waals surface area contributed by atoms with Crippen LogP contribution in [0, 0.1) is 0 Å². The predicted molar refractivity (Wildman–Crippen MR) is 105 cm³/mol. The van der Waals surface area contributed by atoms with Gasteiger partial charge in [0.15, 0.2) is 0 Å². The molecule has 2 N–H and O–H groups in total. The molecule has 124 valence electrons. The largest absolute Gasteiger partial charge is 0.497 e. The number of anilines is 1. The quantitative estimate of drug-likeness (QED) is 0.675. The fourth-order valence-corrected chi connectivity index (χ4v) is 3.55. The van der Waals surface area contributed by atoms with Gasteiger partial charge in [0, 0.05) is 5.69 Å². The number of benzene rings is 3. The average Bonchev–Trinajstić information content (AvgIpc) is 2.79. The first-order chi connectivity index (χ1) is 12.2. The third kappa shape index (κ3) is 3.03. The summed E-state index contributed by atoms with van der Waals surface area (Å²) in [6.45, 7) is 0. The van der Waals surface area contributed by atoms with E-state index in [9.17, 15) is 0 Å². The molecule has 1 aliphatic carbocycles. The van der Waals surface area contributed by atoms with E-state index in [1.54, 1.807) is 7.11 Å². The molecule has 0 spiro atoms. The number of nitrogen functional groups attached to an aromatic ring is 1. The highest BCUT2D eigenvalue weighted by atomic mass is 16.5. The summed E-state index contributed by atoms with van der Waals surface area (Å²) in [7, 11) is 1.72. The van der Waals surface area contributed by atoms with Crippen molar-refractivity contribution in [2.75, 3.05) is 12.8 Å². The predicted octanol–water partition coefficient (Wildman–Crippen LogP) is 4.96. The molecule has 0 amide bonds. The zero-order valence-corrected chi connectivity index (χ0v) is 14.3. The summed E-state index contributed by atoms with van der Waals surface area (Å²) >= 11 is 0. The molecule has 0 aliphatic heterocycles. The van der Waals surface area contributed by atoms with Crippen molar-refractivity contribution >= 4 is 17.3 Å². The number of hydrogen-bond donors (Lipinski definition) is 1. The van der Waals surface area contributed by atoms with Crippen molar-refractivity contribution in [3.8, 4) is 5.75 Å². The first-order valence-electron chi connectivity index (χ1n) is 8.57. The summed E-state index contributed by atoms with van der Waals surface area (Å²) < 4.78 is 5.43. The fraction of sp³-hybridized carbons (Fsp3) is 0.130. The lowest BCUT2D eigenvalue weighted by atomic mass is 9.92. The molecular weight excluding hydrogens is 306 g/mol. The van der Waals surface area contributed by atoms with E-state index in [1.807, 2.05) is 24.3 Å². The first-order valence-corrected chi connectivity index (χ1v) is 8.57. The van der Waals surface area contributed by atoms with Crippen LogP contribution >= 0.6 is 0 Å². The lowest BCUT2D eigenvalue weighted by Gasteiger charge is -2.13. The van der Waals surface area contributed by atoms with E-state index in [1.165, 1.54) is 27.8 Å². The van der Waals surface area contributed by atoms with Crippen LogP contribution in [0.3, 0.4) is 0 Å². The Hall–Kier alpha value is -3.00. The van der Waals surface area contributed by atoms with Gasteiger partial charge in [-0.05, 0) is 76.6 Å². The smallest absolute Gasteiger partial charge is 0.119 e. The SMILES string of the molecule is COc1ccc2c(c1)CCc1ccccc1C2=Cc1cccc(N)c1. The molecule has 2 heteroatoms. The molecule has 0 atom stereocenters. The monoisotopic (exact) mass is 327 g/mol. The van der Waals surface area contributed by atoms with Gasteiger partial charge in [0.2, 0.25) is 0 Å². The molecule has 0 saturated heterocycles. The lowest BCUT2D eigenvalue weighted by Crippen LogP contribution is -1.94. The topological polar surface area (TPSA) is 35.2 Å². The minimum atomic E-state index is 0.784. The maximum absolute atomic E-state index is 5.98. The highest BCUT2D eigenvalue weighted by molar-refractivity contribution is 5.94. The van der Waals surface area contributed by atoms with E-state index in [4.69, 9.17) is 10.5 Å². The van der Waals surface area contributed by atoms with E-state index in [0.29, 0.717) is 0 Å². The van der Waals surface area contributed by atoms with Crippen LogP contribution in [0.4, 0.5) is 5.69 Å². The molecule has 0 saturated carbocycles. The van der Waals surface area contributed by atoms with E-state index < -0.39 is 0 Å². The number of rotatable bonds is 2. The Bertz CT molecular complexity index is 956. The minimum Gasteiger partial charge on any atom is -0.497 e. The minimum absolute atomic E-state index is 0.784. The lowest BCUT2D eigenvalue weighted by molar-refractivity contribution is 0.414. The van der Waals surface area contributed by atoms with Gasteiger partial charge in [0.05, 0.1) is 7.11 Å². The summed E-state index contributed by atoms with van der Waals surface area (Å²) in [5.41, 5.74) is 14.4. The molecule has 4 rings (SSSR count).